The van der Waals surface area contributed by atoms with Crippen molar-refractivity contribution in [2.45, 2.75) is 45.2 Å². The summed E-state index contributed by atoms with van der Waals surface area (Å²) in [6, 6.07) is 4.78. The smallest absolute Gasteiger partial charge is 0.164 e. The Bertz CT molecular complexity index is 585. The summed E-state index contributed by atoms with van der Waals surface area (Å²) >= 11 is 0. The van der Waals surface area contributed by atoms with Crippen molar-refractivity contribution in [3.05, 3.63) is 17.7 Å². The molecule has 0 bridgehead atoms. The van der Waals surface area contributed by atoms with Gasteiger partial charge in [-0.2, -0.15) is 0 Å². The fourth-order valence-corrected chi connectivity index (χ4v) is 4.48. The van der Waals surface area contributed by atoms with Crippen LogP contribution in [-0.2, 0) is 6.54 Å². The molecule has 2 atom stereocenters. The number of rotatable bonds is 6. The Morgan fingerprint density at radius 3 is 2.15 bits per heavy atom. The first-order valence-corrected chi connectivity index (χ1v) is 9.90. The molecule has 146 valence electrons. The van der Waals surface area contributed by atoms with Crippen molar-refractivity contribution in [2.75, 3.05) is 47.5 Å². The van der Waals surface area contributed by atoms with Gasteiger partial charge in [-0.05, 0) is 24.8 Å². The van der Waals surface area contributed by atoms with E-state index >= 15 is 0 Å². The van der Waals surface area contributed by atoms with Crippen LogP contribution >= 0.6 is 0 Å². The highest BCUT2D eigenvalue weighted by Crippen LogP contribution is 2.35. The molecular formula is C21H34N2O3. The molecule has 0 spiro atoms. The molecule has 0 aromatic heterocycles. The van der Waals surface area contributed by atoms with Crippen LogP contribution in [-0.4, -0.2) is 63.4 Å². The van der Waals surface area contributed by atoms with Crippen LogP contribution in [0.2, 0.25) is 0 Å². The molecular weight excluding hydrogens is 328 g/mol. The molecule has 1 aromatic carbocycles. The molecule has 1 saturated heterocycles. The Balaban J connectivity index is 1.60. The topological polar surface area (TPSA) is 34.2 Å². The summed E-state index contributed by atoms with van der Waals surface area (Å²) < 4.78 is 16.4. The summed E-state index contributed by atoms with van der Waals surface area (Å²) in [7, 11) is 5.05. The Labute approximate surface area is 158 Å². The van der Waals surface area contributed by atoms with E-state index < -0.39 is 0 Å². The summed E-state index contributed by atoms with van der Waals surface area (Å²) in [6.07, 6.45) is 5.57. The zero-order valence-electron chi connectivity index (χ0n) is 16.8. The molecule has 3 rings (SSSR count). The highest BCUT2D eigenvalue weighted by molar-refractivity contribution is 5.50. The Hall–Kier alpha value is -1.46. The number of hydrogen-bond acceptors (Lipinski definition) is 5. The van der Waals surface area contributed by atoms with E-state index in [9.17, 15) is 0 Å². The molecule has 1 heterocycles. The van der Waals surface area contributed by atoms with Crippen LogP contribution in [0.3, 0.4) is 0 Å². The number of ether oxygens (including phenoxy) is 3. The minimum atomic E-state index is 0.712. The van der Waals surface area contributed by atoms with Crippen LogP contribution in [0, 0.1) is 5.92 Å². The SMILES string of the molecule is COc1cc(OC)c(OC)cc1CN1CCN([C@H]2CCC[C@H](C)C2)CC1. The Morgan fingerprint density at radius 1 is 0.885 bits per heavy atom. The minimum absolute atomic E-state index is 0.712. The van der Waals surface area contributed by atoms with Gasteiger partial charge in [-0.1, -0.05) is 19.8 Å². The predicted octanol–water partition coefficient (Wildman–Crippen LogP) is 3.41. The Kier molecular flexibility index (Phi) is 6.65. The third-order valence-electron chi connectivity index (χ3n) is 6.01. The van der Waals surface area contributed by atoms with Gasteiger partial charge in [-0.25, -0.2) is 0 Å². The molecule has 5 nitrogen and oxygen atoms in total. The van der Waals surface area contributed by atoms with Gasteiger partial charge in [-0.15, -0.1) is 0 Å². The second-order valence-electron chi connectivity index (χ2n) is 7.76. The summed E-state index contributed by atoms with van der Waals surface area (Å²) in [5.74, 6) is 3.23. The van der Waals surface area contributed by atoms with E-state index in [1.807, 2.05) is 12.1 Å². The first-order chi connectivity index (χ1) is 12.6. The number of hydrogen-bond donors (Lipinski definition) is 0. The molecule has 0 radical (unpaired) electrons. The lowest BCUT2D eigenvalue weighted by Crippen LogP contribution is -2.50. The third kappa shape index (κ3) is 4.44. The normalized spacial score (nSPS) is 25.1. The average molecular weight is 363 g/mol. The van der Waals surface area contributed by atoms with Crippen molar-refractivity contribution in [3.63, 3.8) is 0 Å². The van der Waals surface area contributed by atoms with Crippen molar-refractivity contribution in [1.82, 2.24) is 9.80 Å². The summed E-state index contributed by atoms with van der Waals surface area (Å²) in [5, 5.41) is 0. The van der Waals surface area contributed by atoms with Gasteiger partial charge in [0, 0.05) is 50.4 Å². The first-order valence-electron chi connectivity index (χ1n) is 9.90. The molecule has 2 aliphatic rings. The van der Waals surface area contributed by atoms with Gasteiger partial charge >= 0.3 is 0 Å². The van der Waals surface area contributed by atoms with Crippen molar-refractivity contribution in [2.24, 2.45) is 5.92 Å². The fraction of sp³-hybridized carbons (Fsp3) is 0.714. The van der Waals surface area contributed by atoms with E-state index in [1.54, 1.807) is 21.3 Å². The highest BCUT2D eigenvalue weighted by Gasteiger charge is 2.28. The molecule has 0 amide bonds. The first kappa shape index (κ1) is 19.3. The predicted molar refractivity (Wildman–Crippen MR) is 104 cm³/mol. The highest BCUT2D eigenvalue weighted by atomic mass is 16.5. The van der Waals surface area contributed by atoms with Crippen molar-refractivity contribution in [3.8, 4) is 17.2 Å². The van der Waals surface area contributed by atoms with Crippen molar-refractivity contribution < 1.29 is 14.2 Å². The quantitative estimate of drug-likeness (QED) is 0.775. The number of benzene rings is 1. The van der Waals surface area contributed by atoms with Crippen LogP contribution in [0.25, 0.3) is 0 Å². The minimum Gasteiger partial charge on any atom is -0.496 e. The molecule has 1 aliphatic heterocycles. The van der Waals surface area contributed by atoms with Gasteiger partial charge in [-0.3, -0.25) is 9.80 Å². The lowest BCUT2D eigenvalue weighted by Gasteiger charge is -2.42. The van der Waals surface area contributed by atoms with E-state index in [2.05, 4.69) is 16.7 Å². The lowest BCUT2D eigenvalue weighted by atomic mass is 9.86. The van der Waals surface area contributed by atoms with Crippen molar-refractivity contribution >= 4 is 0 Å². The summed E-state index contributed by atoms with van der Waals surface area (Å²) in [6.45, 7) is 7.87. The zero-order valence-corrected chi connectivity index (χ0v) is 16.8. The van der Waals surface area contributed by atoms with Crippen LogP contribution in [0.5, 0.6) is 17.2 Å². The van der Waals surface area contributed by atoms with Gasteiger partial charge in [0.15, 0.2) is 11.5 Å². The lowest BCUT2D eigenvalue weighted by molar-refractivity contribution is 0.0655. The van der Waals surface area contributed by atoms with Gasteiger partial charge in [0.2, 0.25) is 0 Å². The van der Waals surface area contributed by atoms with Crippen LogP contribution < -0.4 is 14.2 Å². The molecule has 5 heteroatoms. The van der Waals surface area contributed by atoms with Crippen LogP contribution in [0.4, 0.5) is 0 Å². The maximum Gasteiger partial charge on any atom is 0.164 e. The molecule has 0 N–H and O–H groups in total. The third-order valence-corrected chi connectivity index (χ3v) is 6.01. The monoisotopic (exact) mass is 362 g/mol. The molecule has 2 fully saturated rings. The Morgan fingerprint density at radius 2 is 1.54 bits per heavy atom. The van der Waals surface area contributed by atoms with Gasteiger partial charge in [0.25, 0.3) is 0 Å². The fourth-order valence-electron chi connectivity index (χ4n) is 4.48. The summed E-state index contributed by atoms with van der Waals surface area (Å²) in [4.78, 5) is 5.24. The zero-order chi connectivity index (χ0) is 18.5. The molecule has 26 heavy (non-hydrogen) atoms. The standard InChI is InChI=1S/C21H34N2O3/c1-16-6-5-7-18(12-16)23-10-8-22(9-11-23)15-17-13-20(25-3)21(26-4)14-19(17)24-2/h13-14,16,18H,5-12,15H2,1-4H3/t16-,18-/m0/s1. The molecule has 1 aromatic rings. The number of nitrogens with zero attached hydrogens (tertiary/aromatic N) is 2. The van der Waals surface area contributed by atoms with Gasteiger partial charge < -0.3 is 14.2 Å². The van der Waals surface area contributed by atoms with Crippen LogP contribution in [0.15, 0.2) is 12.1 Å². The number of methoxy groups -OCH3 is 3. The van der Waals surface area contributed by atoms with E-state index in [4.69, 9.17) is 14.2 Å². The molecule has 1 aliphatic carbocycles. The van der Waals surface area contributed by atoms with E-state index in [1.165, 1.54) is 38.8 Å². The number of piperazine rings is 1. The van der Waals surface area contributed by atoms with E-state index in [0.29, 0.717) is 5.75 Å². The van der Waals surface area contributed by atoms with Crippen LogP contribution in [0.1, 0.15) is 38.2 Å². The summed E-state index contributed by atoms with van der Waals surface area (Å²) in [5.41, 5.74) is 1.16. The molecule has 1 saturated carbocycles. The maximum absolute atomic E-state index is 5.58. The van der Waals surface area contributed by atoms with Gasteiger partial charge in [0.05, 0.1) is 21.3 Å². The van der Waals surface area contributed by atoms with E-state index in [0.717, 1.165) is 48.7 Å². The van der Waals surface area contributed by atoms with Gasteiger partial charge in [0.1, 0.15) is 5.75 Å². The largest absolute Gasteiger partial charge is 0.496 e. The average Bonchev–Trinajstić information content (AvgIpc) is 2.68. The second-order valence-corrected chi connectivity index (χ2v) is 7.76. The van der Waals surface area contributed by atoms with Crippen molar-refractivity contribution in [1.29, 1.82) is 0 Å². The molecule has 0 unspecified atom stereocenters. The maximum atomic E-state index is 5.58. The second kappa shape index (κ2) is 8.96. The van der Waals surface area contributed by atoms with E-state index in [-0.39, 0.29) is 0 Å².